The first-order chi connectivity index (χ1) is 33.7. The van der Waals surface area contributed by atoms with Crippen LogP contribution < -0.4 is 18.9 Å². The van der Waals surface area contributed by atoms with Gasteiger partial charge in [-0.25, -0.2) is 0 Å². The van der Waals surface area contributed by atoms with Crippen LogP contribution in [0.1, 0.15) is 11.1 Å². The minimum Gasteiger partial charge on any atom is -0.492 e. The summed E-state index contributed by atoms with van der Waals surface area (Å²) in [6.45, 7) is 13.6. The maximum Gasteiger partial charge on any atom is 0.169 e. The third-order valence-corrected chi connectivity index (χ3v) is 15.2. The second-order valence-corrected chi connectivity index (χ2v) is 29.9. The molecule has 0 aromatic heterocycles. The zero-order valence-electron chi connectivity index (χ0n) is 41.5. The molecule has 11 aromatic carbocycles. The summed E-state index contributed by atoms with van der Waals surface area (Å²) in [7, 11) is 3.75. The van der Waals surface area contributed by atoms with Gasteiger partial charge in [0.2, 0.25) is 0 Å². The highest BCUT2D eigenvalue weighted by atomic mass is 28.3. The van der Waals surface area contributed by atoms with Gasteiger partial charge in [-0.05, 0) is 148 Å². The number of ether oxygens (including phenoxy) is 4. The fourth-order valence-corrected chi connectivity index (χ4v) is 11.4. The fourth-order valence-electron chi connectivity index (χ4n) is 10.4. The predicted molar refractivity (Wildman–Crippen MR) is 304 cm³/mol. The zero-order chi connectivity index (χ0) is 48.6. The molecular formula is C64H54O4Si2. The van der Waals surface area contributed by atoms with Crippen molar-refractivity contribution in [3.63, 3.8) is 0 Å². The van der Waals surface area contributed by atoms with Gasteiger partial charge in [0.25, 0.3) is 0 Å². The third-order valence-electron chi connectivity index (χ3n) is 13.5. The minimum atomic E-state index is -1.59. The Morgan fingerprint density at radius 1 is 0.300 bits per heavy atom. The van der Waals surface area contributed by atoms with Gasteiger partial charge in [-0.1, -0.05) is 136 Å². The van der Waals surface area contributed by atoms with E-state index in [1.54, 1.807) is 28.4 Å². The summed E-state index contributed by atoms with van der Waals surface area (Å²) in [5, 5.41) is 17.6. The Hall–Kier alpha value is -7.75. The molecule has 0 amide bonds. The smallest absolute Gasteiger partial charge is 0.169 e. The van der Waals surface area contributed by atoms with E-state index in [1.165, 1.54) is 21.5 Å². The number of rotatable bonds is 6. The average molecular weight is 943 g/mol. The molecule has 6 heteroatoms. The van der Waals surface area contributed by atoms with Crippen molar-refractivity contribution in [1.82, 2.24) is 0 Å². The van der Waals surface area contributed by atoms with Crippen LogP contribution in [0, 0.1) is 22.9 Å². The van der Waals surface area contributed by atoms with E-state index >= 15 is 0 Å². The number of methoxy groups -OCH3 is 4. The molecular weight excluding hydrogens is 889 g/mol. The Balaban J connectivity index is 1.23. The summed E-state index contributed by atoms with van der Waals surface area (Å²) in [4.78, 5) is 0. The lowest BCUT2D eigenvalue weighted by molar-refractivity contribution is 0.362. The Morgan fingerprint density at radius 2 is 0.586 bits per heavy atom. The molecule has 0 radical (unpaired) electrons. The molecule has 0 saturated carbocycles. The van der Waals surface area contributed by atoms with Gasteiger partial charge in [0.15, 0.2) is 23.0 Å². The van der Waals surface area contributed by atoms with Crippen LogP contribution in [0.2, 0.25) is 39.3 Å². The van der Waals surface area contributed by atoms with Crippen LogP contribution in [0.3, 0.4) is 0 Å². The van der Waals surface area contributed by atoms with Crippen molar-refractivity contribution in [2.75, 3.05) is 28.4 Å². The Labute approximate surface area is 411 Å². The lowest BCUT2D eigenvalue weighted by atomic mass is 9.83. The molecule has 0 aliphatic carbocycles. The molecule has 11 aromatic rings. The third kappa shape index (κ3) is 7.65. The topological polar surface area (TPSA) is 36.9 Å². The van der Waals surface area contributed by atoms with Gasteiger partial charge < -0.3 is 18.9 Å². The van der Waals surface area contributed by atoms with Gasteiger partial charge >= 0.3 is 0 Å². The normalized spacial score (nSPS) is 11.9. The molecule has 0 spiro atoms. The number of hydrogen-bond acceptors (Lipinski definition) is 4. The lowest BCUT2D eigenvalue weighted by Crippen LogP contribution is -2.16. The molecule has 70 heavy (non-hydrogen) atoms. The summed E-state index contributed by atoms with van der Waals surface area (Å²) in [5.74, 6) is 9.72. The van der Waals surface area contributed by atoms with Crippen molar-refractivity contribution >= 4 is 102 Å². The maximum atomic E-state index is 6.32. The van der Waals surface area contributed by atoms with Gasteiger partial charge in [0, 0.05) is 32.7 Å². The largest absolute Gasteiger partial charge is 0.492 e. The molecule has 11 rings (SSSR count). The van der Waals surface area contributed by atoms with E-state index in [4.69, 9.17) is 18.9 Å². The standard InChI is InChI=1S/C64H54O4Si2/c1-65-61-55-31-39(27-29-69(5,6)7)19-23-47(55)49-25-21-45(37-57(49)63(61)67-3)59-51-33-41-15-11-13-17-43(41)35-53(51)60(54-36-44-18-14-12-16-42(44)34-52(54)59)46-22-26-50-48-24-20-40(28-30-70(8,9)10)32-56(48)62(66-2)64(68-4)58(50)38-46/h11-26,31-38H,1-10H3. The maximum absolute atomic E-state index is 6.32. The summed E-state index contributed by atoms with van der Waals surface area (Å²) in [6, 6.07) is 53.5. The minimum absolute atomic E-state index is 0.701. The van der Waals surface area contributed by atoms with Gasteiger partial charge in [0.05, 0.1) is 28.4 Å². The van der Waals surface area contributed by atoms with Crippen LogP contribution in [0.25, 0.3) is 108 Å². The molecule has 0 N–H and O–H groups in total. The second-order valence-electron chi connectivity index (χ2n) is 20.4. The first-order valence-electron chi connectivity index (χ1n) is 23.9. The van der Waals surface area contributed by atoms with E-state index in [1.807, 2.05) is 0 Å². The molecule has 0 bridgehead atoms. The molecule has 0 aliphatic heterocycles. The van der Waals surface area contributed by atoms with E-state index in [2.05, 4.69) is 208 Å². The van der Waals surface area contributed by atoms with Crippen LogP contribution in [0.15, 0.2) is 146 Å². The average Bonchev–Trinajstić information content (AvgIpc) is 3.36. The summed E-state index contributed by atoms with van der Waals surface area (Å²) in [5.41, 5.74) is 13.5. The highest BCUT2D eigenvalue weighted by Gasteiger charge is 2.24. The van der Waals surface area contributed by atoms with Crippen LogP contribution in [-0.4, -0.2) is 44.6 Å². The van der Waals surface area contributed by atoms with E-state index in [-0.39, 0.29) is 0 Å². The summed E-state index contributed by atoms with van der Waals surface area (Å²) in [6.07, 6.45) is 0. The molecule has 0 heterocycles. The Bertz CT molecular complexity index is 3790. The van der Waals surface area contributed by atoms with Gasteiger partial charge in [-0.15, -0.1) is 11.1 Å². The zero-order valence-corrected chi connectivity index (χ0v) is 43.5. The lowest BCUT2D eigenvalue weighted by Gasteiger charge is -2.21. The van der Waals surface area contributed by atoms with Crippen molar-refractivity contribution in [1.29, 1.82) is 0 Å². The van der Waals surface area contributed by atoms with Crippen molar-refractivity contribution in [2.45, 2.75) is 39.3 Å². The van der Waals surface area contributed by atoms with Crippen molar-refractivity contribution in [2.24, 2.45) is 0 Å². The van der Waals surface area contributed by atoms with Gasteiger partial charge in [-0.3, -0.25) is 0 Å². The Kier molecular flexibility index (Phi) is 10.9. The van der Waals surface area contributed by atoms with Crippen molar-refractivity contribution < 1.29 is 18.9 Å². The first kappa shape index (κ1) is 44.7. The van der Waals surface area contributed by atoms with Crippen LogP contribution in [-0.2, 0) is 0 Å². The van der Waals surface area contributed by atoms with Crippen molar-refractivity contribution in [3.8, 4) is 68.2 Å². The van der Waals surface area contributed by atoms with Gasteiger partial charge in [-0.2, -0.15) is 0 Å². The molecule has 0 atom stereocenters. The first-order valence-corrected chi connectivity index (χ1v) is 30.9. The van der Waals surface area contributed by atoms with Gasteiger partial charge in [0.1, 0.15) is 16.1 Å². The fraction of sp³-hybridized carbons (Fsp3) is 0.156. The molecule has 0 saturated heterocycles. The van der Waals surface area contributed by atoms with Crippen LogP contribution in [0.4, 0.5) is 0 Å². The number of fused-ring (bicyclic) bond motifs is 10. The van der Waals surface area contributed by atoms with E-state index in [0.717, 1.165) is 98.0 Å². The molecule has 0 aliphatic rings. The molecule has 4 nitrogen and oxygen atoms in total. The van der Waals surface area contributed by atoms with Crippen LogP contribution in [0.5, 0.6) is 23.0 Å². The summed E-state index contributed by atoms with van der Waals surface area (Å²) < 4.78 is 25.1. The second kappa shape index (κ2) is 17.0. The molecule has 342 valence electrons. The number of benzene rings is 11. The predicted octanol–water partition coefficient (Wildman–Crippen LogP) is 16.7. The molecule has 0 unspecified atom stereocenters. The van der Waals surface area contributed by atoms with E-state index in [0.29, 0.717) is 23.0 Å². The highest BCUT2D eigenvalue weighted by molar-refractivity contribution is 6.84. The quantitative estimate of drug-likeness (QED) is 0.0720. The van der Waals surface area contributed by atoms with E-state index < -0.39 is 16.1 Å². The summed E-state index contributed by atoms with van der Waals surface area (Å²) >= 11 is 0. The monoisotopic (exact) mass is 942 g/mol. The van der Waals surface area contributed by atoms with Crippen molar-refractivity contribution in [3.05, 3.63) is 157 Å². The van der Waals surface area contributed by atoms with E-state index in [9.17, 15) is 0 Å². The van der Waals surface area contributed by atoms with Crippen LogP contribution >= 0.6 is 0 Å². The Morgan fingerprint density at radius 3 is 0.871 bits per heavy atom. The number of hydrogen-bond donors (Lipinski definition) is 0. The molecule has 0 fully saturated rings. The SMILES string of the molecule is COc1c(OC)c2cc(-c3c4cc5ccccc5cc4c(-c4ccc5c(c4)c(OC)c(OC)c4cc(C#C[Si](C)(C)C)ccc45)c4cc5ccccc5cc34)ccc2c2ccc(C#C[Si](C)(C)C)cc12. The highest BCUT2D eigenvalue weighted by Crippen LogP contribution is 2.51.